The fraction of sp³-hybridized carbons (Fsp3) is 0.909. The predicted octanol–water partition coefficient (Wildman–Crippen LogP) is 1.38. The van der Waals surface area contributed by atoms with Gasteiger partial charge in [0.05, 0.1) is 6.61 Å². The lowest BCUT2D eigenvalue weighted by molar-refractivity contribution is -0.270. The van der Waals surface area contributed by atoms with E-state index in [4.69, 9.17) is 4.74 Å². The van der Waals surface area contributed by atoms with E-state index in [1.807, 2.05) is 6.92 Å². The van der Waals surface area contributed by atoms with Crippen molar-refractivity contribution in [2.75, 3.05) is 13.2 Å². The van der Waals surface area contributed by atoms with Gasteiger partial charge in [0.15, 0.2) is 5.60 Å². The molecule has 1 unspecified atom stereocenters. The predicted molar refractivity (Wildman–Crippen MR) is 57.9 cm³/mol. The third-order valence-corrected chi connectivity index (χ3v) is 3.03. The number of carbonyl (C=O) groups excluding carboxylic acids is 1. The van der Waals surface area contributed by atoms with Crippen LogP contribution in [-0.2, 0) is 9.53 Å². The molecule has 7 heteroatoms. The normalized spacial score (nSPS) is 29.1. The van der Waals surface area contributed by atoms with Crippen molar-refractivity contribution >= 4 is 5.97 Å². The number of nitrogens with one attached hydrogen (secondary N) is 1. The molecule has 0 bridgehead atoms. The van der Waals surface area contributed by atoms with E-state index < -0.39 is 36.6 Å². The van der Waals surface area contributed by atoms with Gasteiger partial charge in [0.1, 0.15) is 6.04 Å². The lowest BCUT2D eigenvalue weighted by Gasteiger charge is -2.37. The number of hydrogen-bond acceptors (Lipinski definition) is 4. The Morgan fingerprint density at radius 2 is 2.22 bits per heavy atom. The van der Waals surface area contributed by atoms with E-state index in [0.29, 0.717) is 6.42 Å². The smallest absolute Gasteiger partial charge is 0.417 e. The molecule has 0 spiro atoms. The van der Waals surface area contributed by atoms with Gasteiger partial charge in [-0.05, 0) is 19.4 Å². The standard InChI is InChI=1S/C11H18F3NO3/c1-2-3-6-18-9(16)8-7-10(17,4-5-15-8)11(12,13)14/h8,15,17H,2-7H2,1H3/t8-,10?/m0/s1. The molecule has 106 valence electrons. The molecule has 0 saturated carbocycles. The molecule has 0 aromatic carbocycles. The zero-order valence-electron chi connectivity index (χ0n) is 10.2. The van der Waals surface area contributed by atoms with E-state index in [-0.39, 0.29) is 13.2 Å². The Bertz CT molecular complexity index is 296. The Hall–Kier alpha value is -0.820. The van der Waals surface area contributed by atoms with Crippen LogP contribution in [0, 0.1) is 0 Å². The van der Waals surface area contributed by atoms with Crippen LogP contribution < -0.4 is 5.32 Å². The molecule has 2 atom stereocenters. The van der Waals surface area contributed by atoms with Crippen LogP contribution >= 0.6 is 0 Å². The SMILES string of the molecule is CCCCOC(=O)[C@@H]1CC(O)(C(F)(F)F)CCN1. The van der Waals surface area contributed by atoms with Gasteiger partial charge in [-0.3, -0.25) is 4.79 Å². The molecule has 2 N–H and O–H groups in total. The summed E-state index contributed by atoms with van der Waals surface area (Å²) in [4.78, 5) is 11.5. The third kappa shape index (κ3) is 3.58. The lowest BCUT2D eigenvalue weighted by atomic mass is 9.87. The summed E-state index contributed by atoms with van der Waals surface area (Å²) >= 11 is 0. The van der Waals surface area contributed by atoms with Crippen molar-refractivity contribution in [2.24, 2.45) is 0 Å². The van der Waals surface area contributed by atoms with Gasteiger partial charge in [0.2, 0.25) is 0 Å². The van der Waals surface area contributed by atoms with Gasteiger partial charge in [-0.15, -0.1) is 0 Å². The summed E-state index contributed by atoms with van der Waals surface area (Å²) in [7, 11) is 0. The monoisotopic (exact) mass is 269 g/mol. The van der Waals surface area contributed by atoms with Crippen LogP contribution in [0.25, 0.3) is 0 Å². The zero-order chi connectivity index (χ0) is 13.8. The highest BCUT2D eigenvalue weighted by molar-refractivity contribution is 5.76. The fourth-order valence-electron chi connectivity index (χ4n) is 1.81. The molecule has 1 aliphatic heterocycles. The summed E-state index contributed by atoms with van der Waals surface area (Å²) in [6.45, 7) is 2.04. The highest BCUT2D eigenvalue weighted by atomic mass is 19.4. The quantitative estimate of drug-likeness (QED) is 0.598. The topological polar surface area (TPSA) is 58.6 Å². The number of alkyl halides is 3. The van der Waals surface area contributed by atoms with Gasteiger partial charge in [0, 0.05) is 6.42 Å². The molecule has 18 heavy (non-hydrogen) atoms. The second-order valence-electron chi connectivity index (χ2n) is 4.51. The second-order valence-corrected chi connectivity index (χ2v) is 4.51. The van der Waals surface area contributed by atoms with Crippen molar-refractivity contribution in [3.8, 4) is 0 Å². The molecule has 0 aliphatic carbocycles. The molecule has 1 saturated heterocycles. The zero-order valence-corrected chi connectivity index (χ0v) is 10.2. The minimum absolute atomic E-state index is 0.0659. The molecule has 1 rings (SSSR count). The van der Waals surface area contributed by atoms with Crippen molar-refractivity contribution in [1.82, 2.24) is 5.32 Å². The van der Waals surface area contributed by atoms with Crippen molar-refractivity contribution in [3.05, 3.63) is 0 Å². The first-order chi connectivity index (χ1) is 8.30. The van der Waals surface area contributed by atoms with Gasteiger partial charge >= 0.3 is 12.1 Å². The molecular formula is C11H18F3NO3. The number of aliphatic hydroxyl groups is 1. The molecule has 0 aromatic rings. The Kier molecular flexibility index (Phi) is 4.98. The Morgan fingerprint density at radius 3 is 2.78 bits per heavy atom. The number of ether oxygens (including phenoxy) is 1. The molecule has 1 fully saturated rings. The first-order valence-electron chi connectivity index (χ1n) is 5.99. The van der Waals surface area contributed by atoms with Crippen LogP contribution in [0.5, 0.6) is 0 Å². The van der Waals surface area contributed by atoms with E-state index in [1.165, 1.54) is 0 Å². The first-order valence-corrected chi connectivity index (χ1v) is 5.99. The third-order valence-electron chi connectivity index (χ3n) is 3.03. The average molecular weight is 269 g/mol. The largest absolute Gasteiger partial charge is 0.465 e. The number of rotatable bonds is 4. The number of unbranched alkanes of at least 4 members (excludes halogenated alkanes) is 1. The minimum Gasteiger partial charge on any atom is -0.465 e. The van der Waals surface area contributed by atoms with Crippen LogP contribution in [0.1, 0.15) is 32.6 Å². The van der Waals surface area contributed by atoms with E-state index in [0.717, 1.165) is 6.42 Å². The van der Waals surface area contributed by atoms with Gasteiger partial charge in [-0.2, -0.15) is 13.2 Å². The Labute approximate surface area is 103 Å². The number of carbonyl (C=O) groups is 1. The van der Waals surface area contributed by atoms with Crippen LogP contribution in [0.15, 0.2) is 0 Å². The molecule has 0 aromatic heterocycles. The maximum atomic E-state index is 12.6. The number of halogens is 3. The summed E-state index contributed by atoms with van der Waals surface area (Å²) in [6.07, 6.45) is -4.37. The highest BCUT2D eigenvalue weighted by Crippen LogP contribution is 2.38. The summed E-state index contributed by atoms with van der Waals surface area (Å²) in [6, 6.07) is -1.10. The van der Waals surface area contributed by atoms with Crippen molar-refractivity contribution in [3.63, 3.8) is 0 Å². The molecule has 0 radical (unpaired) electrons. The summed E-state index contributed by atoms with van der Waals surface area (Å²) in [5.41, 5.74) is -2.80. The molecule has 1 heterocycles. The summed E-state index contributed by atoms with van der Waals surface area (Å²) < 4.78 is 42.8. The maximum absolute atomic E-state index is 12.6. The van der Waals surface area contributed by atoms with E-state index in [9.17, 15) is 23.1 Å². The summed E-state index contributed by atoms with van der Waals surface area (Å²) in [5, 5.41) is 12.2. The number of hydrogen-bond donors (Lipinski definition) is 2. The molecule has 1 aliphatic rings. The number of piperidine rings is 1. The van der Waals surface area contributed by atoms with E-state index >= 15 is 0 Å². The minimum atomic E-state index is -4.73. The van der Waals surface area contributed by atoms with Crippen LogP contribution in [0.4, 0.5) is 13.2 Å². The molecular weight excluding hydrogens is 251 g/mol. The maximum Gasteiger partial charge on any atom is 0.417 e. The van der Waals surface area contributed by atoms with E-state index in [2.05, 4.69) is 5.32 Å². The van der Waals surface area contributed by atoms with Crippen molar-refractivity contribution < 1.29 is 27.8 Å². The van der Waals surface area contributed by atoms with Crippen LogP contribution in [0.3, 0.4) is 0 Å². The first kappa shape index (κ1) is 15.2. The second kappa shape index (κ2) is 5.88. The average Bonchev–Trinajstić information content (AvgIpc) is 2.28. The van der Waals surface area contributed by atoms with Gasteiger partial charge in [-0.25, -0.2) is 0 Å². The van der Waals surface area contributed by atoms with Crippen molar-refractivity contribution in [2.45, 2.75) is 50.4 Å². The van der Waals surface area contributed by atoms with Gasteiger partial charge in [-0.1, -0.05) is 13.3 Å². The molecule has 0 amide bonds. The van der Waals surface area contributed by atoms with Crippen LogP contribution in [0.2, 0.25) is 0 Å². The van der Waals surface area contributed by atoms with E-state index in [1.54, 1.807) is 0 Å². The summed E-state index contributed by atoms with van der Waals surface area (Å²) in [5.74, 6) is -0.731. The fourth-order valence-corrected chi connectivity index (χ4v) is 1.81. The molecule has 4 nitrogen and oxygen atoms in total. The van der Waals surface area contributed by atoms with Crippen LogP contribution in [-0.4, -0.2) is 42.0 Å². The highest BCUT2D eigenvalue weighted by Gasteiger charge is 2.56. The lowest BCUT2D eigenvalue weighted by Crippen LogP contribution is -2.58. The van der Waals surface area contributed by atoms with Gasteiger partial charge < -0.3 is 15.2 Å². The Morgan fingerprint density at radius 1 is 1.56 bits per heavy atom. The van der Waals surface area contributed by atoms with Gasteiger partial charge in [0.25, 0.3) is 0 Å². The number of esters is 1. The van der Waals surface area contributed by atoms with Crippen molar-refractivity contribution in [1.29, 1.82) is 0 Å². The Balaban J connectivity index is 2.56.